The van der Waals surface area contributed by atoms with Gasteiger partial charge in [-0.25, -0.2) is 9.97 Å². The molecule has 27 heavy (non-hydrogen) atoms. The van der Waals surface area contributed by atoms with Gasteiger partial charge in [-0.05, 0) is 56.9 Å². The first kappa shape index (κ1) is 18.7. The average Bonchev–Trinajstić information content (AvgIpc) is 3.13. The summed E-state index contributed by atoms with van der Waals surface area (Å²) in [6, 6.07) is 2.63. The third-order valence-electron chi connectivity index (χ3n) is 6.24. The molecule has 0 bridgehead atoms. The van der Waals surface area contributed by atoms with Gasteiger partial charge in [-0.1, -0.05) is 13.8 Å². The molecule has 4 rings (SSSR count). The van der Waals surface area contributed by atoms with Crippen molar-refractivity contribution in [2.24, 2.45) is 11.8 Å². The Hall–Kier alpha value is -1.69. The first-order valence-corrected chi connectivity index (χ1v) is 11.2. The van der Waals surface area contributed by atoms with Crippen LogP contribution in [0.1, 0.15) is 57.2 Å². The van der Waals surface area contributed by atoms with E-state index < -0.39 is 0 Å². The number of amides is 1. The number of fused-ring (bicyclic) bond motifs is 1. The predicted octanol–water partition coefficient (Wildman–Crippen LogP) is 4.17. The Morgan fingerprint density at radius 2 is 1.93 bits per heavy atom. The summed E-state index contributed by atoms with van der Waals surface area (Å²) < 4.78 is 0. The number of carbonyl (C=O) groups excluding carboxylic acids is 1. The third kappa shape index (κ3) is 4.10. The largest absolute Gasteiger partial charge is 0.356 e. The molecule has 0 unspecified atom stereocenters. The fourth-order valence-corrected chi connectivity index (χ4v) is 5.33. The van der Waals surface area contributed by atoms with Crippen molar-refractivity contribution in [1.29, 1.82) is 0 Å². The number of hydrogen-bond donors (Lipinski definition) is 1. The second kappa shape index (κ2) is 8.13. The van der Waals surface area contributed by atoms with Crippen LogP contribution in [0, 0.1) is 11.8 Å². The molecule has 0 atom stereocenters. The molecule has 1 saturated heterocycles. The number of aryl methyl sites for hydroxylation is 1. The number of anilines is 1. The minimum atomic E-state index is 0.145. The summed E-state index contributed by atoms with van der Waals surface area (Å²) in [6.07, 6.45) is 9.29. The van der Waals surface area contributed by atoms with Crippen LogP contribution in [0.5, 0.6) is 0 Å². The van der Waals surface area contributed by atoms with Gasteiger partial charge in [0.05, 0.1) is 5.39 Å². The molecule has 1 aliphatic carbocycles. The lowest BCUT2D eigenvalue weighted by Gasteiger charge is -2.34. The van der Waals surface area contributed by atoms with E-state index in [4.69, 9.17) is 0 Å². The third-order valence-corrected chi connectivity index (χ3v) is 7.42. The Kier molecular flexibility index (Phi) is 5.62. The van der Waals surface area contributed by atoms with Crippen LogP contribution in [-0.4, -0.2) is 35.0 Å². The Morgan fingerprint density at radius 3 is 2.63 bits per heavy atom. The second-order valence-electron chi connectivity index (χ2n) is 8.21. The molecule has 2 fully saturated rings. The molecule has 5 nitrogen and oxygen atoms in total. The van der Waals surface area contributed by atoms with Crippen molar-refractivity contribution in [3.05, 3.63) is 17.3 Å². The standard InChI is InChI=1S/C21H30N4OS/c1-3-17-12-18-19(22-13-23-21(18)27-17)25-10-8-15(9-11-25)20(26)24-16-6-4-14(2)5-7-16/h12-16H,3-11H2,1-2H3,(H,24,26). The summed E-state index contributed by atoms with van der Waals surface area (Å²) >= 11 is 1.76. The van der Waals surface area contributed by atoms with Gasteiger partial charge in [0.25, 0.3) is 0 Å². The van der Waals surface area contributed by atoms with Crippen molar-refractivity contribution in [1.82, 2.24) is 15.3 Å². The van der Waals surface area contributed by atoms with E-state index >= 15 is 0 Å². The van der Waals surface area contributed by atoms with Gasteiger partial charge in [0.1, 0.15) is 17.0 Å². The van der Waals surface area contributed by atoms with Gasteiger partial charge in [0.2, 0.25) is 5.91 Å². The highest BCUT2D eigenvalue weighted by atomic mass is 32.1. The van der Waals surface area contributed by atoms with Crippen LogP contribution in [-0.2, 0) is 11.2 Å². The maximum atomic E-state index is 12.7. The highest BCUT2D eigenvalue weighted by molar-refractivity contribution is 7.18. The summed E-state index contributed by atoms with van der Waals surface area (Å²) in [4.78, 5) is 26.5. The van der Waals surface area contributed by atoms with Crippen LogP contribution >= 0.6 is 11.3 Å². The van der Waals surface area contributed by atoms with Gasteiger partial charge in [-0.15, -0.1) is 11.3 Å². The van der Waals surface area contributed by atoms with Gasteiger partial charge in [-0.3, -0.25) is 4.79 Å². The molecule has 1 amide bonds. The summed E-state index contributed by atoms with van der Waals surface area (Å²) in [5, 5.41) is 4.49. The molecule has 0 radical (unpaired) electrons. The lowest BCUT2D eigenvalue weighted by Crippen LogP contribution is -2.45. The molecular formula is C21H30N4OS. The first-order valence-electron chi connectivity index (χ1n) is 10.4. The molecule has 1 N–H and O–H groups in total. The van der Waals surface area contributed by atoms with Crippen LogP contribution in [0.2, 0.25) is 0 Å². The van der Waals surface area contributed by atoms with Crippen molar-refractivity contribution >= 4 is 33.3 Å². The number of rotatable bonds is 4. The Labute approximate surface area is 165 Å². The predicted molar refractivity (Wildman–Crippen MR) is 111 cm³/mol. The Balaban J connectivity index is 1.36. The number of aromatic nitrogens is 2. The van der Waals surface area contributed by atoms with E-state index in [9.17, 15) is 4.79 Å². The molecule has 3 heterocycles. The zero-order valence-corrected chi connectivity index (χ0v) is 17.2. The number of piperidine rings is 1. The number of thiophene rings is 1. The van der Waals surface area contributed by atoms with Crippen LogP contribution in [0.25, 0.3) is 10.2 Å². The fraction of sp³-hybridized carbons (Fsp3) is 0.667. The highest BCUT2D eigenvalue weighted by Gasteiger charge is 2.29. The van der Waals surface area contributed by atoms with Crippen LogP contribution in [0.4, 0.5) is 5.82 Å². The molecular weight excluding hydrogens is 356 g/mol. The normalized spacial score (nSPS) is 24.3. The van der Waals surface area contributed by atoms with Crippen molar-refractivity contribution < 1.29 is 4.79 Å². The molecule has 146 valence electrons. The van der Waals surface area contributed by atoms with E-state index in [1.807, 2.05) is 0 Å². The van der Waals surface area contributed by atoms with E-state index in [-0.39, 0.29) is 11.8 Å². The fourth-order valence-electron chi connectivity index (χ4n) is 4.40. The number of carbonyl (C=O) groups is 1. The zero-order chi connectivity index (χ0) is 18.8. The smallest absolute Gasteiger partial charge is 0.223 e. The molecule has 0 aromatic carbocycles. The van der Waals surface area contributed by atoms with Gasteiger partial charge in [-0.2, -0.15) is 0 Å². The topological polar surface area (TPSA) is 58.1 Å². The molecule has 6 heteroatoms. The van der Waals surface area contributed by atoms with Crippen molar-refractivity contribution in [3.63, 3.8) is 0 Å². The Morgan fingerprint density at radius 1 is 1.19 bits per heavy atom. The van der Waals surface area contributed by atoms with E-state index in [0.29, 0.717) is 6.04 Å². The number of nitrogens with one attached hydrogen (secondary N) is 1. The first-order chi connectivity index (χ1) is 13.1. The summed E-state index contributed by atoms with van der Waals surface area (Å²) in [5.41, 5.74) is 0. The number of nitrogens with zero attached hydrogens (tertiary/aromatic N) is 3. The average molecular weight is 387 g/mol. The minimum Gasteiger partial charge on any atom is -0.356 e. The van der Waals surface area contributed by atoms with Crippen LogP contribution < -0.4 is 10.2 Å². The van der Waals surface area contributed by atoms with E-state index in [2.05, 4.69) is 40.1 Å². The quantitative estimate of drug-likeness (QED) is 0.857. The molecule has 0 spiro atoms. The van der Waals surface area contributed by atoms with Gasteiger partial charge in [0.15, 0.2) is 0 Å². The SMILES string of the molecule is CCc1cc2c(N3CCC(C(=O)NC4CCC(C)CC4)CC3)ncnc2s1. The zero-order valence-electron chi connectivity index (χ0n) is 16.4. The van der Waals surface area contributed by atoms with Crippen LogP contribution in [0.15, 0.2) is 12.4 Å². The van der Waals surface area contributed by atoms with Crippen molar-refractivity contribution in [2.75, 3.05) is 18.0 Å². The summed E-state index contributed by atoms with van der Waals surface area (Å²) in [5.74, 6) is 2.27. The minimum absolute atomic E-state index is 0.145. The van der Waals surface area contributed by atoms with Gasteiger partial charge >= 0.3 is 0 Å². The maximum Gasteiger partial charge on any atom is 0.223 e. The molecule has 2 aliphatic rings. The summed E-state index contributed by atoms with van der Waals surface area (Å²) in [6.45, 7) is 6.27. The lowest BCUT2D eigenvalue weighted by atomic mass is 9.86. The lowest BCUT2D eigenvalue weighted by molar-refractivity contribution is -0.126. The summed E-state index contributed by atoms with van der Waals surface area (Å²) in [7, 11) is 0. The van der Waals surface area contributed by atoms with E-state index in [1.165, 1.54) is 23.1 Å². The molecule has 1 saturated carbocycles. The molecule has 1 aliphatic heterocycles. The van der Waals surface area contributed by atoms with Crippen molar-refractivity contribution in [2.45, 2.75) is 64.8 Å². The number of hydrogen-bond acceptors (Lipinski definition) is 5. The monoisotopic (exact) mass is 386 g/mol. The van der Waals surface area contributed by atoms with E-state index in [1.54, 1.807) is 17.7 Å². The Bertz CT molecular complexity index is 789. The van der Waals surface area contributed by atoms with E-state index in [0.717, 1.165) is 61.8 Å². The second-order valence-corrected chi connectivity index (χ2v) is 9.32. The highest BCUT2D eigenvalue weighted by Crippen LogP contribution is 2.32. The van der Waals surface area contributed by atoms with Gasteiger partial charge < -0.3 is 10.2 Å². The molecule has 2 aromatic heterocycles. The maximum absolute atomic E-state index is 12.7. The van der Waals surface area contributed by atoms with Crippen molar-refractivity contribution in [3.8, 4) is 0 Å². The molecule has 2 aromatic rings. The van der Waals surface area contributed by atoms with Crippen LogP contribution in [0.3, 0.4) is 0 Å². The van der Waals surface area contributed by atoms with Gasteiger partial charge in [0, 0.05) is 29.9 Å².